The number of hydrogen-bond donors (Lipinski definition) is 0. The topological polar surface area (TPSA) is 86.8 Å². The Morgan fingerprint density at radius 3 is 2.36 bits per heavy atom. The van der Waals surface area contributed by atoms with Crippen LogP contribution >= 0.6 is 0 Å². The van der Waals surface area contributed by atoms with E-state index in [4.69, 9.17) is 18.9 Å². The average Bonchev–Trinajstić information content (AvgIpc) is 3.49. The minimum atomic E-state index is -0.606. The summed E-state index contributed by atoms with van der Waals surface area (Å²) in [6.45, 7) is 4.30. The molecule has 0 fully saturated rings. The number of amides is 1. The summed E-state index contributed by atoms with van der Waals surface area (Å²) >= 11 is 0. The normalized spacial score (nSPS) is 11.7. The molecule has 3 aromatic carbocycles. The van der Waals surface area contributed by atoms with Crippen LogP contribution in [0.4, 0.5) is 0 Å². The van der Waals surface area contributed by atoms with Gasteiger partial charge in [0.1, 0.15) is 23.1 Å². The van der Waals surface area contributed by atoms with Gasteiger partial charge in [-0.2, -0.15) is 0 Å². The molecule has 0 saturated carbocycles. The fourth-order valence-electron chi connectivity index (χ4n) is 4.43. The van der Waals surface area contributed by atoms with Crippen molar-refractivity contribution in [2.45, 2.75) is 26.4 Å². The van der Waals surface area contributed by atoms with E-state index in [0.717, 1.165) is 0 Å². The number of carbonyl (C=O) groups is 1. The molecular formula is C31H29N3O5. The first-order chi connectivity index (χ1) is 19.0. The molecule has 0 bridgehead atoms. The predicted octanol–water partition coefficient (Wildman–Crippen LogP) is 5.55. The average molecular weight is 524 g/mol. The summed E-state index contributed by atoms with van der Waals surface area (Å²) in [4.78, 5) is 33.9. The second kappa shape index (κ2) is 11.7. The number of ether oxygens (including phenoxy) is 2. The lowest BCUT2D eigenvalue weighted by Crippen LogP contribution is -2.39. The Kier molecular flexibility index (Phi) is 7.73. The monoisotopic (exact) mass is 523 g/mol. The number of hydrogen-bond acceptors (Lipinski definition) is 6. The van der Waals surface area contributed by atoms with Crippen LogP contribution in [0.5, 0.6) is 11.5 Å². The molecule has 0 spiro atoms. The van der Waals surface area contributed by atoms with Gasteiger partial charge in [0, 0.05) is 0 Å². The fourth-order valence-corrected chi connectivity index (χ4v) is 4.43. The summed E-state index contributed by atoms with van der Waals surface area (Å²) < 4.78 is 18.5. The Morgan fingerprint density at radius 1 is 0.923 bits per heavy atom. The molecule has 0 aliphatic heterocycles. The molecule has 5 aromatic rings. The molecule has 0 saturated heterocycles. The summed E-state index contributed by atoms with van der Waals surface area (Å²) in [5, 5.41) is 0.485. The third-order valence-corrected chi connectivity index (χ3v) is 6.38. The summed E-state index contributed by atoms with van der Waals surface area (Å²) in [5.41, 5.74) is 0.949. The maximum absolute atomic E-state index is 13.8. The third kappa shape index (κ3) is 5.70. The van der Waals surface area contributed by atoms with Gasteiger partial charge in [-0.1, -0.05) is 30.3 Å². The van der Waals surface area contributed by atoms with Crippen LogP contribution in [-0.2, 0) is 11.3 Å². The smallest absolute Gasteiger partial charge is 0.266 e. The highest BCUT2D eigenvalue weighted by Crippen LogP contribution is 2.26. The van der Waals surface area contributed by atoms with Crippen molar-refractivity contribution < 1.29 is 18.7 Å². The molecule has 1 unspecified atom stereocenters. The second-order valence-electron chi connectivity index (χ2n) is 8.93. The zero-order chi connectivity index (χ0) is 27.2. The van der Waals surface area contributed by atoms with Crippen molar-refractivity contribution in [1.82, 2.24) is 14.5 Å². The Balaban J connectivity index is 1.57. The van der Waals surface area contributed by atoms with E-state index in [1.807, 2.05) is 68.4 Å². The number of carbonyl (C=O) groups excluding carboxylic acids is 1. The first-order valence-electron chi connectivity index (χ1n) is 12.8. The van der Waals surface area contributed by atoms with E-state index in [2.05, 4.69) is 0 Å². The summed E-state index contributed by atoms with van der Waals surface area (Å²) in [5.74, 6) is 2.04. The molecule has 39 heavy (non-hydrogen) atoms. The van der Waals surface area contributed by atoms with Gasteiger partial charge in [-0.25, -0.2) is 4.98 Å². The van der Waals surface area contributed by atoms with Crippen molar-refractivity contribution in [3.63, 3.8) is 0 Å². The van der Waals surface area contributed by atoms with Gasteiger partial charge in [0.15, 0.2) is 6.61 Å². The zero-order valence-electron chi connectivity index (χ0n) is 21.8. The Bertz CT molecular complexity index is 1600. The lowest BCUT2D eigenvalue weighted by molar-refractivity contribution is -0.136. The second-order valence-corrected chi connectivity index (χ2v) is 8.93. The number of para-hydroxylation sites is 2. The van der Waals surface area contributed by atoms with Crippen molar-refractivity contribution in [1.29, 1.82) is 0 Å². The lowest BCUT2D eigenvalue weighted by Gasteiger charge is -2.30. The van der Waals surface area contributed by atoms with Crippen LogP contribution in [0.25, 0.3) is 16.6 Å². The maximum Gasteiger partial charge on any atom is 0.266 e. The number of fused-ring (bicyclic) bond motifs is 1. The SMILES string of the molecule is CCOc1ccc(-n2c(C(C)N(Cc3ccco3)C(=O)COc3ccccc3)nc3ccccc3c2=O)cc1. The van der Waals surface area contributed by atoms with Crippen LogP contribution in [0.2, 0.25) is 0 Å². The van der Waals surface area contributed by atoms with E-state index in [-0.39, 0.29) is 24.6 Å². The molecular weight excluding hydrogens is 494 g/mol. The first kappa shape index (κ1) is 25.8. The summed E-state index contributed by atoms with van der Waals surface area (Å²) in [7, 11) is 0. The Morgan fingerprint density at radius 2 is 1.64 bits per heavy atom. The van der Waals surface area contributed by atoms with Gasteiger partial charge in [0.25, 0.3) is 11.5 Å². The lowest BCUT2D eigenvalue weighted by atomic mass is 10.1. The number of rotatable bonds is 10. The van der Waals surface area contributed by atoms with Crippen molar-refractivity contribution in [3.05, 3.63) is 119 Å². The molecule has 1 atom stereocenters. The Labute approximate surface area is 226 Å². The summed E-state index contributed by atoms with van der Waals surface area (Å²) in [6, 6.07) is 26.6. The van der Waals surface area contributed by atoms with Crippen LogP contribution in [-0.4, -0.2) is 33.6 Å². The highest BCUT2D eigenvalue weighted by atomic mass is 16.5. The van der Waals surface area contributed by atoms with Gasteiger partial charge in [-0.15, -0.1) is 0 Å². The zero-order valence-corrected chi connectivity index (χ0v) is 21.8. The van der Waals surface area contributed by atoms with E-state index in [1.54, 1.807) is 52.1 Å². The van der Waals surface area contributed by atoms with Crippen molar-refractivity contribution in [2.24, 2.45) is 0 Å². The highest BCUT2D eigenvalue weighted by Gasteiger charge is 2.28. The van der Waals surface area contributed by atoms with Crippen molar-refractivity contribution >= 4 is 16.8 Å². The van der Waals surface area contributed by atoms with Gasteiger partial charge in [0.05, 0.1) is 42.0 Å². The van der Waals surface area contributed by atoms with E-state index >= 15 is 0 Å². The molecule has 0 aliphatic rings. The van der Waals surface area contributed by atoms with Crippen LogP contribution in [0.15, 0.2) is 106 Å². The predicted molar refractivity (Wildman–Crippen MR) is 148 cm³/mol. The van der Waals surface area contributed by atoms with Gasteiger partial charge in [-0.05, 0) is 74.5 Å². The minimum Gasteiger partial charge on any atom is -0.494 e. The van der Waals surface area contributed by atoms with E-state index in [1.165, 1.54) is 0 Å². The van der Waals surface area contributed by atoms with E-state index < -0.39 is 6.04 Å². The molecule has 0 N–H and O–H groups in total. The molecule has 2 heterocycles. The fraction of sp³-hybridized carbons (Fsp3) is 0.194. The molecule has 2 aromatic heterocycles. The van der Waals surface area contributed by atoms with Gasteiger partial charge in [0.2, 0.25) is 0 Å². The molecule has 8 nitrogen and oxygen atoms in total. The molecule has 8 heteroatoms. The standard InChI is InChI=1S/C31H29N3O5/c1-3-37-25-17-15-23(16-18-25)34-30(32-28-14-8-7-13-27(28)31(34)36)22(2)33(20-26-12-9-19-38-26)29(35)21-39-24-10-5-4-6-11-24/h4-19,22H,3,20-21H2,1-2H3. The molecule has 1 amide bonds. The Hall–Kier alpha value is -4.85. The summed E-state index contributed by atoms with van der Waals surface area (Å²) in [6.07, 6.45) is 1.56. The van der Waals surface area contributed by atoms with Gasteiger partial charge >= 0.3 is 0 Å². The molecule has 198 valence electrons. The number of nitrogens with zero attached hydrogens (tertiary/aromatic N) is 3. The van der Waals surface area contributed by atoms with Crippen molar-refractivity contribution in [2.75, 3.05) is 13.2 Å². The maximum atomic E-state index is 13.8. The minimum absolute atomic E-state index is 0.178. The number of benzene rings is 3. The highest BCUT2D eigenvalue weighted by molar-refractivity contribution is 5.79. The quantitative estimate of drug-likeness (QED) is 0.239. The van der Waals surface area contributed by atoms with Gasteiger partial charge < -0.3 is 18.8 Å². The molecule has 5 rings (SSSR count). The van der Waals surface area contributed by atoms with Gasteiger partial charge in [-0.3, -0.25) is 14.2 Å². The number of furan rings is 1. The van der Waals surface area contributed by atoms with Crippen LogP contribution in [0, 0.1) is 0 Å². The first-order valence-corrected chi connectivity index (χ1v) is 12.8. The van der Waals surface area contributed by atoms with Crippen LogP contribution in [0.1, 0.15) is 31.5 Å². The van der Waals surface area contributed by atoms with E-state index in [0.29, 0.717) is 46.3 Å². The van der Waals surface area contributed by atoms with Crippen LogP contribution < -0.4 is 15.0 Å². The molecule has 0 aliphatic carbocycles. The number of aromatic nitrogens is 2. The molecule has 0 radical (unpaired) electrons. The van der Waals surface area contributed by atoms with E-state index in [9.17, 15) is 9.59 Å². The van der Waals surface area contributed by atoms with Crippen LogP contribution in [0.3, 0.4) is 0 Å². The third-order valence-electron chi connectivity index (χ3n) is 6.38. The van der Waals surface area contributed by atoms with Crippen molar-refractivity contribution in [3.8, 4) is 17.2 Å². The largest absolute Gasteiger partial charge is 0.494 e.